The summed E-state index contributed by atoms with van der Waals surface area (Å²) in [6, 6.07) is 61.4. The van der Waals surface area contributed by atoms with Gasteiger partial charge in [0.1, 0.15) is 0 Å². The molecular formula is C118H128N8OSZn2. The summed E-state index contributed by atoms with van der Waals surface area (Å²) in [4.78, 5) is 61.9. The Morgan fingerprint density at radius 3 is 0.508 bits per heavy atom. The van der Waals surface area contributed by atoms with Crippen molar-refractivity contribution >= 4 is 110 Å². The van der Waals surface area contributed by atoms with Crippen LogP contribution in [0.5, 0.6) is 0 Å². The van der Waals surface area contributed by atoms with Crippen molar-refractivity contribution in [3.63, 3.8) is 0 Å². The summed E-state index contributed by atoms with van der Waals surface area (Å²) in [6.07, 6.45) is 17.5. The molecule has 0 saturated carbocycles. The van der Waals surface area contributed by atoms with E-state index in [9.17, 15) is 4.79 Å². The molecule has 656 valence electrons. The Morgan fingerprint density at radius 1 is 0.208 bits per heavy atom. The topological polar surface area (TPSA) is 125 Å². The van der Waals surface area contributed by atoms with Gasteiger partial charge in [-0.2, -0.15) is 0 Å². The summed E-state index contributed by atoms with van der Waals surface area (Å²) in [7, 11) is 0. The van der Waals surface area contributed by atoms with Crippen LogP contribution in [0.4, 0.5) is 0 Å². The molecule has 0 radical (unpaired) electrons. The van der Waals surface area contributed by atoms with Gasteiger partial charge in [-0.1, -0.05) is 371 Å². The van der Waals surface area contributed by atoms with Gasteiger partial charge in [-0.3, -0.25) is 4.79 Å². The van der Waals surface area contributed by atoms with E-state index in [1.807, 2.05) is 12.1 Å². The third-order valence-corrected chi connectivity index (χ3v) is 26.4. The monoisotopic (exact) mass is 1830 g/mol. The smallest absolute Gasteiger partial charge is 0.657 e. The molecule has 16 rings (SSSR count). The van der Waals surface area contributed by atoms with Gasteiger partial charge in [-0.15, -0.1) is 44.1 Å². The second kappa shape index (κ2) is 34.1. The second-order valence-corrected chi connectivity index (χ2v) is 47.6. The first-order valence-corrected chi connectivity index (χ1v) is 46.5. The Labute approximate surface area is 803 Å². The number of aromatic nitrogens is 8. The average Bonchev–Trinajstić information content (AvgIpc) is 1.59. The maximum Gasteiger partial charge on any atom is 2.00 e. The first kappa shape index (κ1) is 95.9. The maximum absolute atomic E-state index is 12.7. The van der Waals surface area contributed by atoms with Gasteiger partial charge in [0, 0.05) is 11.8 Å². The van der Waals surface area contributed by atoms with Gasteiger partial charge in [0.25, 0.3) is 0 Å². The van der Waals surface area contributed by atoms with E-state index >= 15 is 0 Å². The van der Waals surface area contributed by atoms with Crippen molar-refractivity contribution < 1.29 is 43.8 Å². The minimum Gasteiger partial charge on any atom is -0.657 e. The molecule has 130 heavy (non-hydrogen) atoms. The van der Waals surface area contributed by atoms with Crippen molar-refractivity contribution in [3.05, 3.63) is 265 Å². The predicted octanol–water partition coefficient (Wildman–Crippen LogP) is 31.4. The first-order valence-electron chi connectivity index (χ1n) is 45.7. The summed E-state index contributed by atoms with van der Waals surface area (Å²) in [6.45, 7) is 70.7. The molecule has 9 nitrogen and oxygen atoms in total. The predicted molar refractivity (Wildman–Crippen MR) is 549 cm³/mol. The molecule has 4 aliphatic heterocycles. The number of thioether (sulfide) groups is 1. The number of benzene rings is 6. The molecule has 6 aromatic heterocycles. The van der Waals surface area contributed by atoms with Gasteiger partial charge in [-0.25, -0.2) is 19.9 Å². The van der Waals surface area contributed by atoms with E-state index in [1.165, 1.54) is 67.4 Å². The molecule has 6 aromatic carbocycles. The quantitative estimate of drug-likeness (QED) is 0.107. The molecule has 4 aliphatic rings. The van der Waals surface area contributed by atoms with Crippen LogP contribution in [0.15, 0.2) is 169 Å². The third kappa shape index (κ3) is 19.4. The van der Waals surface area contributed by atoms with Crippen LogP contribution in [0.3, 0.4) is 0 Å². The van der Waals surface area contributed by atoms with E-state index in [1.54, 1.807) is 6.92 Å². The van der Waals surface area contributed by atoms with Crippen LogP contribution < -0.4 is 19.9 Å². The molecular weight excluding hydrogens is 1710 g/mol. The van der Waals surface area contributed by atoms with Crippen LogP contribution in [0.25, 0.3) is 171 Å². The van der Waals surface area contributed by atoms with Gasteiger partial charge < -0.3 is 19.9 Å². The van der Waals surface area contributed by atoms with Crippen LogP contribution in [0.1, 0.15) is 316 Å². The number of fused-ring (bicyclic) bond motifs is 16. The SMILES string of the molecule is CC(=O)Sc1ccc(-c2c3nc(c(-c4cc(C(C)(C)C)cc(C(C)(C)C)c4)c4ccc([n-]4)c(-c4c5nc(c(-c6cc(C(C)(C)C)cc(C(C)(C)C)c6)c6ccc([n-]6)c(-c6cc(C(C)(C)C)cc(C(C)(C)C)c6)c6nc(c(-c7cc(C(C)(C)C)cc(C(C)(C)C)c7)c7ccc4[n-]7)C=C6)C=C5)c4nc(c(-c5cc(C(C)(C)C)cc(C(C)(C)C)c5)c5ccc2[n-]5)C=C4)C=C3)cc1.[Zn+2].[Zn+2]. The van der Waals surface area contributed by atoms with E-state index in [2.05, 4.69) is 408 Å². The summed E-state index contributed by atoms with van der Waals surface area (Å²) >= 11 is 1.22. The summed E-state index contributed by atoms with van der Waals surface area (Å²) < 4.78 is 0. The molecule has 10 heterocycles. The van der Waals surface area contributed by atoms with Gasteiger partial charge in [0.05, 0.1) is 45.6 Å². The van der Waals surface area contributed by atoms with Gasteiger partial charge in [0.15, 0.2) is 5.12 Å². The Kier molecular flexibility index (Phi) is 25.2. The van der Waals surface area contributed by atoms with Crippen molar-refractivity contribution in [3.8, 4) is 77.9 Å². The average molecular weight is 1840 g/mol. The van der Waals surface area contributed by atoms with Crippen LogP contribution in [0, 0.1) is 0 Å². The minimum atomic E-state index is -0.237. The zero-order valence-electron chi connectivity index (χ0n) is 83.0. The van der Waals surface area contributed by atoms with Crippen molar-refractivity contribution in [2.45, 2.75) is 274 Å². The molecule has 0 saturated heterocycles. The second-order valence-electron chi connectivity index (χ2n) is 46.3. The van der Waals surface area contributed by atoms with Crippen LogP contribution >= 0.6 is 11.8 Å². The van der Waals surface area contributed by atoms with Crippen LogP contribution in [0.2, 0.25) is 0 Å². The number of carbonyl (C=O) groups is 1. The van der Waals surface area contributed by atoms with Crippen LogP contribution in [-0.4, -0.2) is 25.1 Å². The molecule has 12 aromatic rings. The Balaban J connectivity index is 0.00000682. The van der Waals surface area contributed by atoms with Crippen molar-refractivity contribution in [2.24, 2.45) is 0 Å². The number of carbonyl (C=O) groups excluding carboxylic acids is 1. The molecule has 0 fully saturated rings. The number of nitrogens with zero attached hydrogens (tertiary/aromatic N) is 8. The standard InChI is InChI=1S/C118H128N8OS.2Zn/c1-67(127)128-84-34-32-68(33-35-84)101-85-36-38-87(119-85)103(70-54-76(111(8,9)10)63-77(55-70)112(11,12)13)93-44-48-97(123-93)107(98-49-45-94(124-98)104(88-39-37-86(101)120-88)71-56-78(113(14,15)16)64-79(57-71)114(17,18)19)108-99-50-46-95(125-99)105(72-58-80(115(20,21)22)65-81(59-72)116(23,24)25)91-42-40-89(121-91)102(69-52-74(109(2,3)4)62-75(53-69)110(5,6)7)90-41-43-92(122-90)106(96-47-51-100(108)126-96)73-60-82(117(26,27)28)66-83(61-73)118(29,30)31;;/h32-66H,1-31H3;;/q-4;2*+2. The fourth-order valence-corrected chi connectivity index (χ4v) is 18.1. The van der Waals surface area contributed by atoms with Crippen molar-refractivity contribution in [1.82, 2.24) is 39.9 Å². The molecule has 12 heteroatoms. The third-order valence-electron chi connectivity index (χ3n) is 25.6. The normalized spacial score (nSPS) is 13.5. The summed E-state index contributed by atoms with van der Waals surface area (Å²) in [5, 5.41) is 0.0196. The van der Waals surface area contributed by atoms with Crippen molar-refractivity contribution in [2.75, 3.05) is 0 Å². The zero-order chi connectivity index (χ0) is 92.4. The van der Waals surface area contributed by atoms with Gasteiger partial charge in [-0.05, 0) is 248 Å². The van der Waals surface area contributed by atoms with Gasteiger partial charge >= 0.3 is 39.0 Å². The van der Waals surface area contributed by atoms with E-state index in [0.29, 0.717) is 22.4 Å². The number of hydrogen-bond donors (Lipinski definition) is 0. The summed E-state index contributed by atoms with van der Waals surface area (Å²) in [5.41, 5.74) is 34.5. The first-order chi connectivity index (χ1) is 59.5. The Hall–Kier alpha value is -10.2. The molecule has 0 N–H and O–H groups in total. The fraction of sp³-hybridized carbons (Fsp3) is 0.347. The minimum absolute atomic E-state index is 0. The van der Waals surface area contributed by atoms with E-state index in [4.69, 9.17) is 39.9 Å². The fourth-order valence-electron chi connectivity index (χ4n) is 17.5. The Bertz CT molecular complexity index is 6760. The van der Waals surface area contributed by atoms with Gasteiger partial charge in [0.2, 0.25) is 0 Å². The van der Waals surface area contributed by atoms with E-state index < -0.39 is 0 Å². The molecule has 0 amide bonds. The van der Waals surface area contributed by atoms with Crippen molar-refractivity contribution in [1.29, 1.82) is 0 Å². The molecule has 0 spiro atoms. The maximum atomic E-state index is 12.7. The molecule has 16 bridgehead atoms. The number of rotatable bonds is 8. The van der Waals surface area contributed by atoms with E-state index in [0.717, 1.165) is 150 Å². The zero-order valence-corrected chi connectivity index (χ0v) is 89.8. The molecule has 0 atom stereocenters. The summed E-state index contributed by atoms with van der Waals surface area (Å²) in [5.74, 6) is 0. The van der Waals surface area contributed by atoms with E-state index in [-0.39, 0.29) is 98.2 Å². The Morgan fingerprint density at radius 2 is 0.354 bits per heavy atom. The molecule has 0 aliphatic carbocycles. The largest absolute Gasteiger partial charge is 2.00 e. The molecule has 0 unspecified atom stereocenters. The van der Waals surface area contributed by atoms with Crippen LogP contribution in [-0.2, 0) is 97.9 Å². The number of hydrogen-bond acceptors (Lipinski definition) is 6.